The summed E-state index contributed by atoms with van der Waals surface area (Å²) < 4.78 is 13.7. The maximum atomic E-state index is 13.7. The molecule has 0 amide bonds. The van der Waals surface area contributed by atoms with Crippen molar-refractivity contribution in [2.75, 3.05) is 6.54 Å². The molecule has 0 fully saturated rings. The van der Waals surface area contributed by atoms with Gasteiger partial charge in [0.2, 0.25) is 0 Å². The van der Waals surface area contributed by atoms with Gasteiger partial charge in [-0.2, -0.15) is 0 Å². The van der Waals surface area contributed by atoms with Crippen LogP contribution in [0.25, 0.3) is 6.08 Å². The molecule has 0 aromatic heterocycles. The largest absolute Gasteiger partial charge is 0.280 e. The highest BCUT2D eigenvalue weighted by Gasteiger charge is 2.09. The van der Waals surface area contributed by atoms with E-state index in [-0.39, 0.29) is 11.7 Å². The molecule has 68 valence electrons. The van der Waals surface area contributed by atoms with Gasteiger partial charge in [-0.25, -0.2) is 4.39 Å². The van der Waals surface area contributed by atoms with Crippen LogP contribution in [0.5, 0.6) is 0 Å². The van der Waals surface area contributed by atoms with Crippen LogP contribution in [0.4, 0.5) is 4.39 Å². The van der Waals surface area contributed by atoms with E-state index in [0.29, 0.717) is 11.8 Å². The van der Waals surface area contributed by atoms with Crippen LogP contribution in [-0.2, 0) is 0 Å². The zero-order chi connectivity index (χ0) is 9.42. The quantitative estimate of drug-likeness (QED) is 0.614. The minimum Gasteiger partial charge on any atom is -0.280 e. The highest BCUT2D eigenvalue weighted by Crippen LogP contribution is 2.14. The third-order valence-corrected chi connectivity index (χ3v) is 2.37. The first-order valence-corrected chi connectivity index (χ1v) is 4.53. The smallest absolute Gasteiger partial charge is 0.135 e. The zero-order valence-electron chi connectivity index (χ0n) is 7.84. The summed E-state index contributed by atoms with van der Waals surface area (Å²) in [6.45, 7) is 4.61. The molecule has 0 radical (unpaired) electrons. The van der Waals surface area contributed by atoms with E-state index in [1.165, 1.54) is 0 Å². The fourth-order valence-corrected chi connectivity index (χ4v) is 1.61. The molecule has 0 saturated carbocycles. The fourth-order valence-electron chi connectivity index (χ4n) is 1.61. The van der Waals surface area contributed by atoms with Crippen LogP contribution in [0.1, 0.15) is 25.3 Å². The van der Waals surface area contributed by atoms with Crippen molar-refractivity contribution in [2.24, 2.45) is 4.99 Å². The molecule has 0 saturated heterocycles. The van der Waals surface area contributed by atoms with Crippen molar-refractivity contribution in [1.29, 1.82) is 0 Å². The predicted molar refractivity (Wildman–Crippen MR) is 50.6 cm³/mol. The van der Waals surface area contributed by atoms with E-state index < -0.39 is 0 Å². The summed E-state index contributed by atoms with van der Waals surface area (Å²) in [5.41, 5.74) is 0.784. The first kappa shape index (κ1) is 8.42. The Bertz CT molecular complexity index is 446. The maximum absolute atomic E-state index is 13.7. The van der Waals surface area contributed by atoms with Gasteiger partial charge in [0.25, 0.3) is 0 Å². The predicted octanol–water partition coefficient (Wildman–Crippen LogP) is 1.36. The molecule has 1 aliphatic heterocycles. The van der Waals surface area contributed by atoms with Gasteiger partial charge in [-0.1, -0.05) is 26.0 Å². The highest BCUT2D eigenvalue weighted by molar-refractivity contribution is 5.34. The Morgan fingerprint density at radius 1 is 1.38 bits per heavy atom. The van der Waals surface area contributed by atoms with Crippen LogP contribution in [-0.4, -0.2) is 6.54 Å². The molecule has 0 unspecified atom stereocenters. The van der Waals surface area contributed by atoms with Crippen molar-refractivity contribution >= 4 is 6.08 Å². The van der Waals surface area contributed by atoms with Gasteiger partial charge in [-0.15, -0.1) is 0 Å². The topological polar surface area (TPSA) is 12.4 Å². The molecule has 1 heterocycles. The van der Waals surface area contributed by atoms with Crippen molar-refractivity contribution < 1.29 is 4.39 Å². The van der Waals surface area contributed by atoms with Crippen LogP contribution in [0, 0.1) is 5.82 Å². The average molecular weight is 177 g/mol. The summed E-state index contributed by atoms with van der Waals surface area (Å²) in [7, 11) is 0. The van der Waals surface area contributed by atoms with Crippen LogP contribution in [0.2, 0.25) is 0 Å². The Kier molecular flexibility index (Phi) is 1.91. The monoisotopic (exact) mass is 177 g/mol. The molecule has 1 aliphatic rings. The Morgan fingerprint density at radius 3 is 2.85 bits per heavy atom. The minimum absolute atomic E-state index is 0.0891. The van der Waals surface area contributed by atoms with Gasteiger partial charge in [0.1, 0.15) is 5.82 Å². The van der Waals surface area contributed by atoms with Crippen LogP contribution >= 0.6 is 0 Å². The third-order valence-electron chi connectivity index (χ3n) is 2.37. The highest BCUT2D eigenvalue weighted by atomic mass is 19.1. The molecule has 2 heteroatoms. The van der Waals surface area contributed by atoms with E-state index in [1.807, 2.05) is 32.1 Å². The number of halogens is 1. The van der Waals surface area contributed by atoms with E-state index in [9.17, 15) is 4.39 Å². The second-order valence-electron chi connectivity index (χ2n) is 3.60. The average Bonchev–Trinajstić information content (AvgIpc) is 2.52. The van der Waals surface area contributed by atoms with E-state index in [0.717, 1.165) is 10.9 Å². The zero-order valence-corrected chi connectivity index (χ0v) is 7.84. The van der Waals surface area contributed by atoms with Gasteiger partial charge < -0.3 is 0 Å². The molecule has 0 bridgehead atoms. The SMILES string of the molecule is CC(C)c1ccc2c(c1F)=CCN=2. The summed E-state index contributed by atoms with van der Waals surface area (Å²) in [6.07, 6.45) is 1.84. The molecular weight excluding hydrogens is 165 g/mol. The summed E-state index contributed by atoms with van der Waals surface area (Å²) in [6, 6.07) is 3.73. The van der Waals surface area contributed by atoms with Crippen LogP contribution in [0.3, 0.4) is 0 Å². The molecule has 0 spiro atoms. The molecule has 2 rings (SSSR count). The van der Waals surface area contributed by atoms with Crippen molar-refractivity contribution in [1.82, 2.24) is 0 Å². The Morgan fingerprint density at radius 2 is 2.15 bits per heavy atom. The van der Waals surface area contributed by atoms with E-state index in [2.05, 4.69) is 4.99 Å². The Hall–Kier alpha value is -1.18. The number of fused-ring (bicyclic) bond motifs is 1. The fraction of sp³-hybridized carbons (Fsp3) is 0.364. The lowest BCUT2D eigenvalue weighted by Gasteiger charge is -2.05. The molecule has 0 N–H and O–H groups in total. The summed E-state index contributed by atoms with van der Waals surface area (Å²) in [4.78, 5) is 4.16. The van der Waals surface area contributed by atoms with E-state index >= 15 is 0 Å². The number of benzene rings is 1. The van der Waals surface area contributed by atoms with Gasteiger partial charge >= 0.3 is 0 Å². The van der Waals surface area contributed by atoms with Gasteiger partial charge in [0.15, 0.2) is 0 Å². The van der Waals surface area contributed by atoms with Gasteiger partial charge in [-0.05, 0) is 17.5 Å². The number of nitrogens with zero attached hydrogens (tertiary/aromatic N) is 1. The van der Waals surface area contributed by atoms with Crippen molar-refractivity contribution in [3.8, 4) is 0 Å². The number of rotatable bonds is 1. The van der Waals surface area contributed by atoms with Crippen LogP contribution in [0.15, 0.2) is 17.1 Å². The molecular formula is C11H12FN. The van der Waals surface area contributed by atoms with Crippen molar-refractivity contribution in [3.63, 3.8) is 0 Å². The maximum Gasteiger partial charge on any atom is 0.135 e. The molecule has 1 aromatic rings. The Balaban J connectivity index is 2.75. The lowest BCUT2D eigenvalue weighted by molar-refractivity contribution is 0.588. The second kappa shape index (κ2) is 2.95. The molecule has 1 nitrogen and oxygen atoms in total. The van der Waals surface area contributed by atoms with Crippen molar-refractivity contribution in [2.45, 2.75) is 19.8 Å². The standard InChI is InChI=1S/C11H12FN/c1-7(2)8-3-4-10-9(11(8)12)5-6-13-10/h3-5,7H,6H2,1-2H3. The normalized spacial score (nSPS) is 13.8. The summed E-state index contributed by atoms with van der Waals surface area (Å²) >= 11 is 0. The lowest BCUT2D eigenvalue weighted by Crippen LogP contribution is -2.26. The lowest BCUT2D eigenvalue weighted by atomic mass is 10.0. The van der Waals surface area contributed by atoms with Crippen molar-refractivity contribution in [3.05, 3.63) is 34.1 Å². The second-order valence-corrected chi connectivity index (χ2v) is 3.60. The van der Waals surface area contributed by atoms with E-state index in [4.69, 9.17) is 0 Å². The molecule has 0 atom stereocenters. The Labute approximate surface area is 76.6 Å². The number of hydrogen-bond donors (Lipinski definition) is 0. The number of hydrogen-bond acceptors (Lipinski definition) is 1. The molecule has 1 aromatic carbocycles. The third kappa shape index (κ3) is 1.26. The molecule has 0 aliphatic carbocycles. The van der Waals surface area contributed by atoms with Gasteiger partial charge in [-0.3, -0.25) is 4.99 Å². The van der Waals surface area contributed by atoms with Crippen LogP contribution < -0.4 is 10.6 Å². The summed E-state index contributed by atoms with van der Waals surface area (Å²) in [5.74, 6) is 0.146. The first-order valence-electron chi connectivity index (χ1n) is 4.53. The van der Waals surface area contributed by atoms with Gasteiger partial charge in [0, 0.05) is 5.22 Å². The summed E-state index contributed by atoms with van der Waals surface area (Å²) in [5, 5.41) is 1.48. The first-order chi connectivity index (χ1) is 6.20. The molecule has 13 heavy (non-hydrogen) atoms. The minimum atomic E-state index is -0.0891. The van der Waals surface area contributed by atoms with Gasteiger partial charge in [0.05, 0.1) is 11.9 Å². The van der Waals surface area contributed by atoms with E-state index in [1.54, 1.807) is 0 Å².